The minimum Gasteiger partial charge on any atom is -0.365 e. The van der Waals surface area contributed by atoms with E-state index in [9.17, 15) is 9.59 Å². The van der Waals surface area contributed by atoms with Crippen molar-refractivity contribution < 1.29 is 14.3 Å². The predicted molar refractivity (Wildman–Crippen MR) is 93.1 cm³/mol. The summed E-state index contributed by atoms with van der Waals surface area (Å²) in [7, 11) is 0. The average Bonchev–Trinajstić information content (AvgIpc) is 3.22. The Morgan fingerprint density at radius 3 is 2.72 bits per heavy atom. The minimum atomic E-state index is -0.135. The number of carbonyl (C=O) groups is 2. The highest BCUT2D eigenvalue weighted by atomic mass is 16.5. The smallest absolute Gasteiger partial charge is 0.246 e. The first kappa shape index (κ1) is 16.5. The van der Waals surface area contributed by atoms with Crippen molar-refractivity contribution >= 4 is 11.8 Å². The summed E-state index contributed by atoms with van der Waals surface area (Å²) in [5.41, 5.74) is 1.17. The maximum absolute atomic E-state index is 12.9. The fourth-order valence-corrected chi connectivity index (χ4v) is 4.30. The number of amides is 2. The summed E-state index contributed by atoms with van der Waals surface area (Å²) in [6.07, 6.45) is 2.21. The van der Waals surface area contributed by atoms with Gasteiger partial charge >= 0.3 is 0 Å². The molecule has 0 bridgehead atoms. The third-order valence-electron chi connectivity index (χ3n) is 5.59. The largest absolute Gasteiger partial charge is 0.365 e. The van der Waals surface area contributed by atoms with E-state index in [0.717, 1.165) is 13.1 Å². The highest BCUT2D eigenvalue weighted by Crippen LogP contribution is 2.35. The van der Waals surface area contributed by atoms with Crippen LogP contribution < -0.4 is 5.32 Å². The molecule has 1 N–H and O–H groups in total. The van der Waals surface area contributed by atoms with Crippen LogP contribution in [0.1, 0.15) is 24.3 Å². The van der Waals surface area contributed by atoms with Crippen LogP contribution in [-0.2, 0) is 14.3 Å². The molecule has 3 aliphatic rings. The Morgan fingerprint density at radius 2 is 1.96 bits per heavy atom. The average molecular weight is 343 g/mol. The summed E-state index contributed by atoms with van der Waals surface area (Å²) in [4.78, 5) is 28.9. The maximum Gasteiger partial charge on any atom is 0.246 e. The van der Waals surface area contributed by atoms with Gasteiger partial charge in [-0.25, -0.2) is 0 Å². The molecule has 0 spiro atoms. The van der Waals surface area contributed by atoms with Gasteiger partial charge in [-0.2, -0.15) is 0 Å². The predicted octanol–water partition coefficient (Wildman–Crippen LogP) is 0.592. The van der Waals surface area contributed by atoms with Crippen LogP contribution in [0.25, 0.3) is 0 Å². The Kier molecular flexibility index (Phi) is 4.72. The van der Waals surface area contributed by atoms with Crippen molar-refractivity contribution in [3.05, 3.63) is 35.9 Å². The fourth-order valence-electron chi connectivity index (χ4n) is 4.30. The van der Waals surface area contributed by atoms with E-state index in [1.807, 2.05) is 23.1 Å². The molecule has 3 fully saturated rings. The lowest BCUT2D eigenvalue weighted by Crippen LogP contribution is -2.48. The molecule has 6 nitrogen and oxygen atoms in total. The van der Waals surface area contributed by atoms with Gasteiger partial charge < -0.3 is 15.0 Å². The van der Waals surface area contributed by atoms with Crippen molar-refractivity contribution in [3.63, 3.8) is 0 Å². The molecule has 2 amide bonds. The summed E-state index contributed by atoms with van der Waals surface area (Å²) in [5.74, 6) is 0.157. The van der Waals surface area contributed by atoms with Crippen LogP contribution in [0.2, 0.25) is 0 Å². The number of hydrogen-bond donors (Lipinski definition) is 1. The first-order chi connectivity index (χ1) is 12.2. The number of hydrogen-bond acceptors (Lipinski definition) is 4. The molecular weight excluding hydrogens is 318 g/mol. The molecule has 6 heteroatoms. The van der Waals surface area contributed by atoms with Gasteiger partial charge in [0, 0.05) is 19.0 Å². The molecule has 3 heterocycles. The van der Waals surface area contributed by atoms with Crippen molar-refractivity contribution in [2.24, 2.45) is 0 Å². The number of rotatable bonds is 3. The van der Waals surface area contributed by atoms with Crippen molar-refractivity contribution in [1.82, 2.24) is 15.1 Å². The van der Waals surface area contributed by atoms with Crippen molar-refractivity contribution in [3.8, 4) is 0 Å². The first-order valence-electron chi connectivity index (χ1n) is 9.17. The number of benzene rings is 1. The van der Waals surface area contributed by atoms with Gasteiger partial charge in [-0.1, -0.05) is 30.3 Å². The molecule has 0 aromatic heterocycles. The number of carbonyl (C=O) groups excluding carboxylic acids is 2. The van der Waals surface area contributed by atoms with Crippen LogP contribution in [0.5, 0.6) is 0 Å². The van der Waals surface area contributed by atoms with E-state index >= 15 is 0 Å². The lowest BCUT2D eigenvalue weighted by Gasteiger charge is -2.28. The standard InChI is InChI=1S/C19H25N3O3/c23-17-13-25-19-15(14-6-2-1-3-7-14)11-22(16(19)10-20-17)18(24)12-21-8-4-5-9-21/h1-3,6-7,15-16,19H,4-5,8-13H2,(H,20,23)/t15-,16-,19-/m1/s1. The monoisotopic (exact) mass is 343 g/mol. The zero-order chi connectivity index (χ0) is 17.2. The molecule has 0 aliphatic carbocycles. The Morgan fingerprint density at radius 1 is 1.20 bits per heavy atom. The molecule has 0 radical (unpaired) electrons. The lowest BCUT2D eigenvalue weighted by atomic mass is 9.93. The summed E-state index contributed by atoms with van der Waals surface area (Å²) in [6.45, 7) is 3.67. The van der Waals surface area contributed by atoms with Crippen LogP contribution in [-0.4, -0.2) is 73.1 Å². The SMILES string of the molecule is O=C1CO[C@@H]2[C@@H](c3ccccc3)CN(C(=O)CN3CCCC3)[C@@H]2CN1. The number of ether oxygens (including phenoxy) is 1. The van der Waals surface area contributed by atoms with Crippen LogP contribution in [0.15, 0.2) is 30.3 Å². The minimum absolute atomic E-state index is 0.0681. The summed E-state index contributed by atoms with van der Waals surface area (Å²) in [6, 6.07) is 10.1. The molecule has 3 aliphatic heterocycles. The van der Waals surface area contributed by atoms with E-state index < -0.39 is 0 Å². The van der Waals surface area contributed by atoms with E-state index in [1.165, 1.54) is 18.4 Å². The second kappa shape index (κ2) is 7.14. The lowest BCUT2D eigenvalue weighted by molar-refractivity contribution is -0.133. The normalized spacial score (nSPS) is 30.0. The van der Waals surface area contributed by atoms with E-state index in [0.29, 0.717) is 19.6 Å². The molecule has 134 valence electrons. The second-order valence-corrected chi connectivity index (χ2v) is 7.19. The highest BCUT2D eigenvalue weighted by Gasteiger charge is 2.46. The third-order valence-corrected chi connectivity index (χ3v) is 5.59. The van der Waals surface area contributed by atoms with Crippen molar-refractivity contribution in [1.29, 1.82) is 0 Å². The Bertz CT molecular complexity index is 630. The van der Waals surface area contributed by atoms with Gasteiger partial charge in [-0.15, -0.1) is 0 Å². The topological polar surface area (TPSA) is 61.9 Å². The van der Waals surface area contributed by atoms with Crippen LogP contribution in [0.4, 0.5) is 0 Å². The molecule has 25 heavy (non-hydrogen) atoms. The van der Waals surface area contributed by atoms with E-state index in [2.05, 4.69) is 22.3 Å². The van der Waals surface area contributed by atoms with Gasteiger partial charge in [0.25, 0.3) is 0 Å². The Labute approximate surface area is 148 Å². The quantitative estimate of drug-likeness (QED) is 0.873. The second-order valence-electron chi connectivity index (χ2n) is 7.19. The Balaban J connectivity index is 1.56. The van der Waals surface area contributed by atoms with Gasteiger partial charge in [-0.05, 0) is 31.5 Å². The summed E-state index contributed by atoms with van der Waals surface area (Å²) >= 11 is 0. The van der Waals surface area contributed by atoms with Crippen LogP contribution >= 0.6 is 0 Å². The van der Waals surface area contributed by atoms with E-state index in [-0.39, 0.29) is 36.5 Å². The van der Waals surface area contributed by atoms with Crippen LogP contribution in [0.3, 0.4) is 0 Å². The fraction of sp³-hybridized carbons (Fsp3) is 0.579. The van der Waals surface area contributed by atoms with E-state index in [4.69, 9.17) is 4.74 Å². The molecule has 1 aromatic carbocycles. The third kappa shape index (κ3) is 3.41. The van der Waals surface area contributed by atoms with Crippen molar-refractivity contribution in [2.75, 3.05) is 39.3 Å². The van der Waals surface area contributed by atoms with E-state index in [1.54, 1.807) is 0 Å². The number of nitrogens with one attached hydrogen (secondary N) is 1. The maximum atomic E-state index is 12.9. The van der Waals surface area contributed by atoms with Gasteiger partial charge in [0.15, 0.2) is 0 Å². The molecule has 0 unspecified atom stereocenters. The molecule has 0 saturated carbocycles. The number of fused-ring (bicyclic) bond motifs is 1. The zero-order valence-corrected chi connectivity index (χ0v) is 14.4. The van der Waals surface area contributed by atoms with Gasteiger partial charge in [0.1, 0.15) is 6.61 Å². The van der Waals surface area contributed by atoms with Gasteiger partial charge in [-0.3, -0.25) is 14.5 Å². The summed E-state index contributed by atoms with van der Waals surface area (Å²) in [5, 5.41) is 2.90. The molecular formula is C19H25N3O3. The number of likely N-dealkylation sites (tertiary alicyclic amines) is 2. The summed E-state index contributed by atoms with van der Waals surface area (Å²) < 4.78 is 5.94. The Hall–Kier alpha value is -1.92. The molecule has 4 rings (SSSR count). The molecule has 3 atom stereocenters. The van der Waals surface area contributed by atoms with Gasteiger partial charge in [0.05, 0.1) is 18.7 Å². The van der Waals surface area contributed by atoms with Crippen LogP contribution in [0, 0.1) is 0 Å². The molecule has 3 saturated heterocycles. The number of nitrogens with zero attached hydrogens (tertiary/aromatic N) is 2. The molecule has 1 aromatic rings. The highest BCUT2D eigenvalue weighted by molar-refractivity contribution is 5.80. The zero-order valence-electron chi connectivity index (χ0n) is 14.4. The van der Waals surface area contributed by atoms with Gasteiger partial charge in [0.2, 0.25) is 11.8 Å². The first-order valence-corrected chi connectivity index (χ1v) is 9.17. The van der Waals surface area contributed by atoms with Crippen molar-refractivity contribution in [2.45, 2.75) is 30.9 Å².